The van der Waals surface area contributed by atoms with Crippen LogP contribution in [0, 0.1) is 0 Å². The zero-order valence-electron chi connectivity index (χ0n) is 17.6. The molecule has 0 aliphatic rings. The summed E-state index contributed by atoms with van der Waals surface area (Å²) in [4.78, 5) is 16.9. The largest absolute Gasteiger partial charge is 0.497 e. The number of carbonyl (C=O) groups excluding carboxylic acids is 1. The number of H-pyrrole nitrogens is 1. The highest BCUT2D eigenvalue weighted by Crippen LogP contribution is 2.28. The minimum Gasteiger partial charge on any atom is -0.497 e. The van der Waals surface area contributed by atoms with Gasteiger partial charge in [-0.3, -0.25) is 4.79 Å². The van der Waals surface area contributed by atoms with Crippen molar-refractivity contribution in [3.05, 3.63) is 65.4 Å². The Morgan fingerprint density at radius 2 is 1.93 bits per heavy atom. The number of carbonyl (C=O) groups is 1. The Kier molecular flexibility index (Phi) is 6.60. The monoisotopic (exact) mass is 391 g/mol. The second kappa shape index (κ2) is 9.32. The third-order valence-electron chi connectivity index (χ3n) is 4.99. The number of ether oxygens (including phenoxy) is 1. The molecular formula is C24H29N3O2. The van der Waals surface area contributed by atoms with E-state index in [4.69, 9.17) is 4.74 Å². The van der Waals surface area contributed by atoms with Crippen molar-refractivity contribution < 1.29 is 9.53 Å². The van der Waals surface area contributed by atoms with Crippen LogP contribution in [0.15, 0.2) is 48.5 Å². The molecule has 0 bridgehead atoms. The number of fused-ring (bicyclic) bond motifs is 1. The highest BCUT2D eigenvalue weighted by molar-refractivity contribution is 5.88. The van der Waals surface area contributed by atoms with Gasteiger partial charge in [0, 0.05) is 49.8 Å². The Morgan fingerprint density at radius 1 is 1.17 bits per heavy atom. The summed E-state index contributed by atoms with van der Waals surface area (Å²) in [6, 6.07) is 14.6. The van der Waals surface area contributed by atoms with Crippen molar-refractivity contribution in [1.82, 2.24) is 10.3 Å². The molecule has 0 saturated heterocycles. The average molecular weight is 392 g/mol. The van der Waals surface area contributed by atoms with E-state index in [1.165, 1.54) is 16.8 Å². The fourth-order valence-corrected chi connectivity index (χ4v) is 3.39. The Hall–Kier alpha value is -3.21. The van der Waals surface area contributed by atoms with Gasteiger partial charge in [0.15, 0.2) is 0 Å². The second-order valence-corrected chi connectivity index (χ2v) is 7.33. The number of amides is 1. The van der Waals surface area contributed by atoms with E-state index < -0.39 is 0 Å². The van der Waals surface area contributed by atoms with Gasteiger partial charge in [0.25, 0.3) is 0 Å². The highest BCUT2D eigenvalue weighted by atomic mass is 16.5. The summed E-state index contributed by atoms with van der Waals surface area (Å²) in [5, 5.41) is 4.02. The van der Waals surface area contributed by atoms with Gasteiger partial charge in [0.1, 0.15) is 5.75 Å². The summed E-state index contributed by atoms with van der Waals surface area (Å²) in [6.45, 7) is 2.15. The molecule has 5 heteroatoms. The Morgan fingerprint density at radius 3 is 2.59 bits per heavy atom. The fraction of sp³-hybridized carbons (Fsp3) is 0.292. The predicted molar refractivity (Wildman–Crippen MR) is 121 cm³/mol. The number of aromatic nitrogens is 1. The number of nitrogens with one attached hydrogen (secondary N) is 2. The van der Waals surface area contributed by atoms with E-state index in [0.29, 0.717) is 6.54 Å². The van der Waals surface area contributed by atoms with Gasteiger partial charge in [0.2, 0.25) is 5.91 Å². The number of aromatic amines is 1. The number of hydrogen-bond acceptors (Lipinski definition) is 3. The van der Waals surface area contributed by atoms with Crippen LogP contribution in [0.5, 0.6) is 5.75 Å². The highest BCUT2D eigenvalue weighted by Gasteiger charge is 2.11. The molecule has 0 fully saturated rings. The van der Waals surface area contributed by atoms with E-state index in [2.05, 4.69) is 51.6 Å². The number of rotatable bonds is 8. The summed E-state index contributed by atoms with van der Waals surface area (Å²) < 4.78 is 5.39. The SMILES string of the molecule is COc1ccc2[nH]c(/C=C/Cc3ccc(N(C)C)cc3)c(CCNC(C)=O)c2c1. The molecule has 3 aromatic rings. The molecule has 1 heterocycles. The zero-order chi connectivity index (χ0) is 20.8. The van der Waals surface area contributed by atoms with Crippen LogP contribution in [-0.4, -0.2) is 38.6 Å². The van der Waals surface area contributed by atoms with Crippen LogP contribution in [0.4, 0.5) is 5.69 Å². The number of anilines is 1. The van der Waals surface area contributed by atoms with Crippen LogP contribution >= 0.6 is 0 Å². The molecule has 29 heavy (non-hydrogen) atoms. The first-order valence-electron chi connectivity index (χ1n) is 9.83. The van der Waals surface area contributed by atoms with Crippen LogP contribution in [0.1, 0.15) is 23.7 Å². The van der Waals surface area contributed by atoms with Crippen molar-refractivity contribution in [3.63, 3.8) is 0 Å². The molecule has 1 aromatic heterocycles. The first-order valence-corrected chi connectivity index (χ1v) is 9.83. The van der Waals surface area contributed by atoms with Crippen molar-refractivity contribution in [2.45, 2.75) is 19.8 Å². The molecular weight excluding hydrogens is 362 g/mol. The number of benzene rings is 2. The molecule has 0 atom stereocenters. The van der Waals surface area contributed by atoms with Crippen LogP contribution in [0.2, 0.25) is 0 Å². The van der Waals surface area contributed by atoms with Crippen LogP contribution < -0.4 is 15.0 Å². The van der Waals surface area contributed by atoms with Crippen molar-refractivity contribution in [2.75, 3.05) is 32.6 Å². The molecule has 0 aliphatic carbocycles. The first kappa shape index (κ1) is 20.5. The van der Waals surface area contributed by atoms with Gasteiger partial charge < -0.3 is 19.9 Å². The van der Waals surface area contributed by atoms with Gasteiger partial charge in [-0.2, -0.15) is 0 Å². The van der Waals surface area contributed by atoms with Gasteiger partial charge in [-0.05, 0) is 60.4 Å². The first-order chi connectivity index (χ1) is 14.0. The lowest BCUT2D eigenvalue weighted by Gasteiger charge is -2.12. The standard InChI is InChI=1S/C24H29N3O2/c1-17(28)25-15-14-21-22-16-20(29-4)12-13-24(22)26-23(21)7-5-6-18-8-10-19(11-9-18)27(2)3/h5,7-13,16,26H,6,14-15H2,1-4H3,(H,25,28)/b7-5+. The normalized spacial score (nSPS) is 11.2. The van der Waals surface area contributed by atoms with Gasteiger partial charge in [-0.25, -0.2) is 0 Å². The van der Waals surface area contributed by atoms with Crippen molar-refractivity contribution in [3.8, 4) is 5.75 Å². The zero-order valence-corrected chi connectivity index (χ0v) is 17.6. The Labute approximate surface area is 172 Å². The predicted octanol–water partition coefficient (Wildman–Crippen LogP) is 4.18. The van der Waals surface area contributed by atoms with Gasteiger partial charge in [0.05, 0.1) is 7.11 Å². The van der Waals surface area contributed by atoms with Crippen molar-refractivity contribution in [1.29, 1.82) is 0 Å². The molecule has 0 aliphatic heterocycles. The van der Waals surface area contributed by atoms with Crippen LogP contribution in [0.25, 0.3) is 17.0 Å². The van der Waals surface area contributed by atoms with E-state index >= 15 is 0 Å². The van der Waals surface area contributed by atoms with E-state index in [9.17, 15) is 4.79 Å². The van der Waals surface area contributed by atoms with Gasteiger partial charge in [-0.15, -0.1) is 0 Å². The number of allylic oxidation sites excluding steroid dienone is 1. The third kappa shape index (κ3) is 5.19. The molecule has 2 aromatic carbocycles. The topological polar surface area (TPSA) is 57.4 Å². The van der Waals surface area contributed by atoms with E-state index in [-0.39, 0.29) is 5.91 Å². The van der Waals surface area contributed by atoms with Gasteiger partial charge >= 0.3 is 0 Å². The summed E-state index contributed by atoms with van der Waals surface area (Å²) in [5.74, 6) is 0.814. The molecule has 0 saturated carbocycles. The van der Waals surface area contributed by atoms with E-state index in [0.717, 1.165) is 35.2 Å². The minimum absolute atomic E-state index is 0.0133. The molecule has 1 amide bonds. The Bertz CT molecular complexity index is 1000. The summed E-state index contributed by atoms with van der Waals surface area (Å²) in [5.41, 5.74) is 5.79. The van der Waals surface area contributed by atoms with Crippen molar-refractivity contribution in [2.24, 2.45) is 0 Å². The van der Waals surface area contributed by atoms with Crippen LogP contribution in [-0.2, 0) is 17.6 Å². The lowest BCUT2D eigenvalue weighted by Crippen LogP contribution is -2.22. The third-order valence-corrected chi connectivity index (χ3v) is 4.99. The summed E-state index contributed by atoms with van der Waals surface area (Å²) >= 11 is 0. The minimum atomic E-state index is -0.0133. The second-order valence-electron chi connectivity index (χ2n) is 7.33. The molecule has 0 radical (unpaired) electrons. The summed E-state index contributed by atoms with van der Waals surface area (Å²) in [7, 11) is 5.76. The van der Waals surface area contributed by atoms with Crippen LogP contribution in [0.3, 0.4) is 0 Å². The van der Waals surface area contributed by atoms with Crippen molar-refractivity contribution >= 4 is 28.6 Å². The molecule has 2 N–H and O–H groups in total. The molecule has 152 valence electrons. The number of methoxy groups -OCH3 is 1. The molecule has 0 spiro atoms. The van der Waals surface area contributed by atoms with E-state index in [1.807, 2.05) is 32.3 Å². The fourth-order valence-electron chi connectivity index (χ4n) is 3.39. The number of hydrogen-bond donors (Lipinski definition) is 2. The van der Waals surface area contributed by atoms with E-state index in [1.54, 1.807) is 14.0 Å². The maximum absolute atomic E-state index is 11.3. The summed E-state index contributed by atoms with van der Waals surface area (Å²) in [6.07, 6.45) is 5.92. The Balaban J connectivity index is 1.82. The van der Waals surface area contributed by atoms with Gasteiger partial charge in [-0.1, -0.05) is 18.2 Å². The molecule has 5 nitrogen and oxygen atoms in total. The smallest absolute Gasteiger partial charge is 0.216 e. The maximum Gasteiger partial charge on any atom is 0.216 e. The maximum atomic E-state index is 11.3. The molecule has 0 unspecified atom stereocenters. The lowest BCUT2D eigenvalue weighted by atomic mass is 10.1. The average Bonchev–Trinajstić information content (AvgIpc) is 3.04. The quantitative estimate of drug-likeness (QED) is 0.606. The molecule has 3 rings (SSSR count). The lowest BCUT2D eigenvalue weighted by molar-refractivity contribution is -0.118. The number of nitrogens with zero attached hydrogens (tertiary/aromatic N) is 1.